The molecule has 5 nitrogen and oxygen atoms in total. The predicted molar refractivity (Wildman–Crippen MR) is 76.7 cm³/mol. The van der Waals surface area contributed by atoms with Crippen LogP contribution in [0.5, 0.6) is 0 Å². The highest BCUT2D eigenvalue weighted by Gasteiger charge is 2.21. The summed E-state index contributed by atoms with van der Waals surface area (Å²) < 4.78 is 32.1. The van der Waals surface area contributed by atoms with Crippen molar-refractivity contribution in [2.24, 2.45) is 5.92 Å². The molecule has 0 saturated carbocycles. The maximum absolute atomic E-state index is 12.1. The molecule has 108 valence electrons. The molecule has 2 rings (SSSR count). The lowest BCUT2D eigenvalue weighted by Crippen LogP contribution is -2.30. The molecule has 19 heavy (non-hydrogen) atoms. The van der Waals surface area contributed by atoms with Crippen LogP contribution in [0.25, 0.3) is 0 Å². The van der Waals surface area contributed by atoms with Gasteiger partial charge in [0.25, 0.3) is 10.0 Å². The van der Waals surface area contributed by atoms with Crippen molar-refractivity contribution in [3.05, 3.63) is 17.9 Å². The Labute approximate surface area is 118 Å². The van der Waals surface area contributed by atoms with Crippen LogP contribution >= 0.6 is 11.8 Å². The minimum atomic E-state index is -3.51. The molecule has 0 unspecified atom stereocenters. The lowest BCUT2D eigenvalue weighted by atomic mass is 10.0. The smallest absolute Gasteiger partial charge is 0.273 e. The lowest BCUT2D eigenvalue weighted by molar-refractivity contribution is 0.401. The van der Waals surface area contributed by atoms with Gasteiger partial charge in [-0.2, -0.15) is 11.8 Å². The van der Waals surface area contributed by atoms with Crippen LogP contribution in [0.2, 0.25) is 0 Å². The van der Waals surface area contributed by atoms with E-state index in [9.17, 15) is 8.42 Å². The van der Waals surface area contributed by atoms with E-state index >= 15 is 0 Å². The summed E-state index contributed by atoms with van der Waals surface area (Å²) in [7, 11) is -1.72. The Morgan fingerprint density at radius 3 is 2.79 bits per heavy atom. The molecule has 1 saturated heterocycles. The number of thioether (sulfide) groups is 1. The van der Waals surface area contributed by atoms with Crippen LogP contribution in [0.1, 0.15) is 18.6 Å². The van der Waals surface area contributed by atoms with Crippen molar-refractivity contribution in [1.29, 1.82) is 0 Å². The summed E-state index contributed by atoms with van der Waals surface area (Å²) in [4.78, 5) is 0. The van der Waals surface area contributed by atoms with Crippen molar-refractivity contribution < 1.29 is 12.8 Å². The van der Waals surface area contributed by atoms with Gasteiger partial charge in [0.1, 0.15) is 5.76 Å². The molecule has 1 fully saturated rings. The summed E-state index contributed by atoms with van der Waals surface area (Å²) in [5.41, 5.74) is 0. The normalized spacial score (nSPS) is 17.7. The van der Waals surface area contributed by atoms with E-state index in [0.29, 0.717) is 24.8 Å². The Bertz CT molecular complexity index is 493. The molecule has 0 aliphatic carbocycles. The summed E-state index contributed by atoms with van der Waals surface area (Å²) in [5.74, 6) is 3.32. The first-order valence-corrected chi connectivity index (χ1v) is 9.06. The number of furan rings is 1. The number of rotatable bonds is 6. The Hall–Kier alpha value is -0.500. The van der Waals surface area contributed by atoms with Gasteiger partial charge in [-0.25, -0.2) is 13.1 Å². The fourth-order valence-corrected chi connectivity index (χ4v) is 4.29. The first-order chi connectivity index (χ1) is 9.12. The van der Waals surface area contributed by atoms with E-state index in [1.54, 1.807) is 13.1 Å². The molecule has 1 aromatic rings. The number of hydrogen-bond acceptors (Lipinski definition) is 5. The third-order valence-corrected chi connectivity index (χ3v) is 5.50. The fourth-order valence-electron chi connectivity index (χ4n) is 2.02. The topological polar surface area (TPSA) is 71.3 Å². The van der Waals surface area contributed by atoms with Crippen LogP contribution in [-0.2, 0) is 16.6 Å². The molecule has 0 bridgehead atoms. The number of nitrogens with one attached hydrogen (secondary N) is 2. The predicted octanol–water partition coefficient (Wildman–Crippen LogP) is 1.42. The molecule has 0 atom stereocenters. The molecule has 7 heteroatoms. The van der Waals surface area contributed by atoms with E-state index in [2.05, 4.69) is 10.0 Å². The van der Waals surface area contributed by atoms with Gasteiger partial charge in [-0.3, -0.25) is 0 Å². The maximum atomic E-state index is 12.1. The van der Waals surface area contributed by atoms with Gasteiger partial charge in [0.05, 0.1) is 6.54 Å². The van der Waals surface area contributed by atoms with Gasteiger partial charge >= 0.3 is 0 Å². The van der Waals surface area contributed by atoms with E-state index in [1.807, 2.05) is 11.8 Å². The van der Waals surface area contributed by atoms with Gasteiger partial charge in [0, 0.05) is 6.54 Å². The molecule has 2 heterocycles. The van der Waals surface area contributed by atoms with Crippen LogP contribution in [0.3, 0.4) is 0 Å². The van der Waals surface area contributed by atoms with Crippen molar-refractivity contribution >= 4 is 21.8 Å². The average molecular weight is 304 g/mol. The lowest BCUT2D eigenvalue weighted by Gasteiger charge is -2.21. The van der Waals surface area contributed by atoms with Crippen molar-refractivity contribution in [3.63, 3.8) is 0 Å². The number of sulfonamides is 1. The molecular formula is C12H20N2O3S2. The standard InChI is InChI=1S/C12H20N2O3S2/c1-13-9-11-2-3-12(17-11)19(15,16)14-8-10-4-6-18-7-5-10/h2-3,10,13-14H,4-9H2,1H3. The van der Waals surface area contributed by atoms with Crippen molar-refractivity contribution in [2.75, 3.05) is 25.1 Å². The van der Waals surface area contributed by atoms with Crippen LogP contribution in [-0.4, -0.2) is 33.5 Å². The van der Waals surface area contributed by atoms with Gasteiger partial charge < -0.3 is 9.73 Å². The van der Waals surface area contributed by atoms with Crippen molar-refractivity contribution in [1.82, 2.24) is 10.0 Å². The second-order valence-corrected chi connectivity index (χ2v) is 7.58. The Morgan fingerprint density at radius 2 is 2.11 bits per heavy atom. The zero-order valence-electron chi connectivity index (χ0n) is 11.0. The maximum Gasteiger partial charge on any atom is 0.273 e. The SMILES string of the molecule is CNCc1ccc(S(=O)(=O)NCC2CCSCC2)o1. The van der Waals surface area contributed by atoms with Crippen LogP contribution in [0.15, 0.2) is 21.6 Å². The molecule has 1 aromatic heterocycles. The number of hydrogen-bond donors (Lipinski definition) is 2. The molecule has 0 aromatic carbocycles. The Kier molecular flexibility index (Phi) is 5.32. The third kappa shape index (κ3) is 4.24. The average Bonchev–Trinajstić information content (AvgIpc) is 2.88. The van der Waals surface area contributed by atoms with E-state index in [-0.39, 0.29) is 5.09 Å². The molecular weight excluding hydrogens is 284 g/mol. The third-order valence-electron chi connectivity index (χ3n) is 3.16. The highest BCUT2D eigenvalue weighted by molar-refractivity contribution is 7.99. The first kappa shape index (κ1) is 14.9. The minimum Gasteiger partial charge on any atom is -0.447 e. The highest BCUT2D eigenvalue weighted by atomic mass is 32.2. The molecule has 0 amide bonds. The first-order valence-electron chi connectivity index (χ1n) is 6.42. The second-order valence-electron chi connectivity index (χ2n) is 4.66. The quantitative estimate of drug-likeness (QED) is 0.832. The summed E-state index contributed by atoms with van der Waals surface area (Å²) in [5, 5.41) is 2.92. The summed E-state index contributed by atoms with van der Waals surface area (Å²) in [6.07, 6.45) is 2.16. The van der Waals surface area contributed by atoms with E-state index < -0.39 is 10.0 Å². The molecule has 0 spiro atoms. The summed E-state index contributed by atoms with van der Waals surface area (Å²) in [6, 6.07) is 3.19. The molecule has 1 aliphatic heterocycles. The van der Waals surface area contributed by atoms with Gasteiger partial charge in [-0.1, -0.05) is 0 Å². The van der Waals surface area contributed by atoms with Crippen molar-refractivity contribution in [2.45, 2.75) is 24.5 Å². The Morgan fingerprint density at radius 1 is 1.37 bits per heavy atom. The van der Waals surface area contributed by atoms with E-state index in [1.165, 1.54) is 6.07 Å². The van der Waals surface area contributed by atoms with E-state index in [0.717, 1.165) is 24.3 Å². The van der Waals surface area contributed by atoms with Gasteiger partial charge in [-0.05, 0) is 49.4 Å². The van der Waals surface area contributed by atoms with Crippen LogP contribution in [0.4, 0.5) is 0 Å². The van der Waals surface area contributed by atoms with Gasteiger partial charge in [-0.15, -0.1) is 0 Å². The molecule has 0 radical (unpaired) electrons. The zero-order chi connectivity index (χ0) is 13.7. The van der Waals surface area contributed by atoms with Crippen LogP contribution in [0, 0.1) is 5.92 Å². The largest absolute Gasteiger partial charge is 0.447 e. The zero-order valence-corrected chi connectivity index (χ0v) is 12.6. The molecule has 1 aliphatic rings. The summed E-state index contributed by atoms with van der Waals surface area (Å²) in [6.45, 7) is 1.03. The van der Waals surface area contributed by atoms with Gasteiger partial charge in [0.15, 0.2) is 0 Å². The Balaban J connectivity index is 1.92. The summed E-state index contributed by atoms with van der Waals surface area (Å²) >= 11 is 1.93. The van der Waals surface area contributed by atoms with Crippen LogP contribution < -0.4 is 10.0 Å². The minimum absolute atomic E-state index is 0.00272. The monoisotopic (exact) mass is 304 g/mol. The fraction of sp³-hybridized carbons (Fsp3) is 0.667. The highest BCUT2D eigenvalue weighted by Crippen LogP contribution is 2.22. The van der Waals surface area contributed by atoms with Gasteiger partial charge in [0.2, 0.25) is 5.09 Å². The second kappa shape index (κ2) is 6.78. The molecule has 2 N–H and O–H groups in total. The van der Waals surface area contributed by atoms with E-state index in [4.69, 9.17) is 4.42 Å². The van der Waals surface area contributed by atoms with Crippen molar-refractivity contribution in [3.8, 4) is 0 Å².